The van der Waals surface area contributed by atoms with E-state index < -0.39 is 0 Å². The lowest BCUT2D eigenvalue weighted by Crippen LogP contribution is -1.96. The molecule has 0 saturated carbocycles. The molecule has 3 heteroatoms. The fourth-order valence-corrected chi connectivity index (χ4v) is 1.51. The van der Waals surface area contributed by atoms with Crippen molar-refractivity contribution in [2.75, 3.05) is 5.88 Å². The molecule has 1 radical (unpaired) electrons. The highest BCUT2D eigenvalue weighted by Crippen LogP contribution is 2.30. The van der Waals surface area contributed by atoms with Gasteiger partial charge in [-0.25, -0.2) is 0 Å². The molecule has 0 atom stereocenters. The molecular formula is C9H8Cl3. The molecule has 0 aliphatic rings. The minimum Gasteiger partial charge on any atom is -0.126 e. The Morgan fingerprint density at radius 3 is 2.58 bits per heavy atom. The van der Waals surface area contributed by atoms with Gasteiger partial charge in [0.1, 0.15) is 0 Å². The second-order valence-electron chi connectivity index (χ2n) is 2.52. The molecule has 1 aromatic carbocycles. The number of halogens is 3. The van der Waals surface area contributed by atoms with Crippen molar-refractivity contribution in [2.45, 2.75) is 6.92 Å². The van der Waals surface area contributed by atoms with Crippen molar-refractivity contribution >= 4 is 34.8 Å². The van der Waals surface area contributed by atoms with E-state index >= 15 is 0 Å². The molecule has 0 bridgehead atoms. The molecule has 0 fully saturated rings. The van der Waals surface area contributed by atoms with Crippen molar-refractivity contribution in [3.05, 3.63) is 39.7 Å². The Hall–Kier alpha value is 0.0900. The molecule has 0 amide bonds. The lowest BCUT2D eigenvalue weighted by molar-refractivity contribution is 1.16. The van der Waals surface area contributed by atoms with Crippen molar-refractivity contribution < 1.29 is 0 Å². The fraction of sp³-hybridized carbons (Fsp3) is 0.222. The summed E-state index contributed by atoms with van der Waals surface area (Å²) in [5.41, 5.74) is 0.930. The molecule has 0 saturated heterocycles. The summed E-state index contributed by atoms with van der Waals surface area (Å²) in [5, 5.41) is 1.15. The summed E-state index contributed by atoms with van der Waals surface area (Å²) in [7, 11) is 0. The van der Waals surface area contributed by atoms with Gasteiger partial charge in [0.25, 0.3) is 0 Å². The van der Waals surface area contributed by atoms with Crippen LogP contribution in [0.1, 0.15) is 12.5 Å². The van der Waals surface area contributed by atoms with Gasteiger partial charge < -0.3 is 0 Å². The Labute approximate surface area is 87.4 Å². The molecule has 65 valence electrons. The number of hydrogen-bond acceptors (Lipinski definition) is 0. The highest BCUT2D eigenvalue weighted by atomic mass is 35.5. The fourth-order valence-electron chi connectivity index (χ4n) is 0.905. The van der Waals surface area contributed by atoms with Gasteiger partial charge in [0, 0.05) is 11.8 Å². The largest absolute Gasteiger partial charge is 0.126 e. The summed E-state index contributed by atoms with van der Waals surface area (Å²) in [4.78, 5) is 0. The van der Waals surface area contributed by atoms with E-state index in [9.17, 15) is 0 Å². The van der Waals surface area contributed by atoms with Gasteiger partial charge in [-0.15, -0.1) is 11.6 Å². The molecule has 0 N–H and O–H groups in total. The second-order valence-corrected chi connectivity index (χ2v) is 3.57. The number of benzene rings is 1. The van der Waals surface area contributed by atoms with E-state index in [1.807, 2.05) is 19.1 Å². The summed E-state index contributed by atoms with van der Waals surface area (Å²) in [6.45, 7) is 1.94. The summed E-state index contributed by atoms with van der Waals surface area (Å²) < 4.78 is 0. The molecule has 0 nitrogen and oxygen atoms in total. The lowest BCUT2D eigenvalue weighted by Gasteiger charge is -2.09. The Bertz CT molecular complexity index is 270. The Balaban J connectivity index is 3.07. The maximum Gasteiger partial charge on any atom is 0.0630 e. The van der Waals surface area contributed by atoms with Crippen molar-refractivity contribution in [3.8, 4) is 0 Å². The van der Waals surface area contributed by atoms with Crippen molar-refractivity contribution in [1.82, 2.24) is 0 Å². The van der Waals surface area contributed by atoms with Gasteiger partial charge in [0.05, 0.1) is 10.0 Å². The first-order chi connectivity index (χ1) is 5.66. The highest BCUT2D eigenvalue weighted by molar-refractivity contribution is 6.42. The van der Waals surface area contributed by atoms with Crippen LogP contribution in [0.15, 0.2) is 18.2 Å². The van der Waals surface area contributed by atoms with Gasteiger partial charge in [-0.05, 0) is 11.6 Å². The van der Waals surface area contributed by atoms with E-state index in [2.05, 4.69) is 0 Å². The van der Waals surface area contributed by atoms with Gasteiger partial charge in [-0.3, -0.25) is 0 Å². The molecule has 0 aromatic heterocycles. The summed E-state index contributed by atoms with van der Waals surface area (Å²) >= 11 is 17.5. The summed E-state index contributed by atoms with van der Waals surface area (Å²) in [6.07, 6.45) is 0. The van der Waals surface area contributed by atoms with Crippen molar-refractivity contribution in [2.24, 2.45) is 0 Å². The predicted molar refractivity (Wildman–Crippen MR) is 55.2 cm³/mol. The molecule has 0 aliphatic carbocycles. The van der Waals surface area contributed by atoms with Crippen LogP contribution in [-0.2, 0) is 0 Å². The maximum absolute atomic E-state index is 5.96. The standard InChI is InChI=1S/C9H8Cl3/c1-6(5-10)7-3-2-4-8(11)9(7)12/h2-4H,5H2,1H3. The van der Waals surface area contributed by atoms with Crippen LogP contribution in [0.5, 0.6) is 0 Å². The topological polar surface area (TPSA) is 0 Å². The van der Waals surface area contributed by atoms with E-state index in [0.29, 0.717) is 15.9 Å². The molecular weight excluding hydrogens is 214 g/mol. The smallest absolute Gasteiger partial charge is 0.0630 e. The number of alkyl halides is 1. The minimum absolute atomic E-state index is 0.472. The third-order valence-corrected chi connectivity index (χ3v) is 2.83. The molecule has 0 unspecified atom stereocenters. The Morgan fingerprint density at radius 1 is 1.33 bits per heavy atom. The molecule has 12 heavy (non-hydrogen) atoms. The van der Waals surface area contributed by atoms with Crippen LogP contribution in [0, 0.1) is 5.92 Å². The molecule has 0 aliphatic heterocycles. The first kappa shape index (κ1) is 10.2. The number of hydrogen-bond donors (Lipinski definition) is 0. The second kappa shape index (κ2) is 4.36. The Kier molecular flexibility index (Phi) is 3.70. The first-order valence-electron chi connectivity index (χ1n) is 3.49. The third kappa shape index (κ3) is 2.07. The SMILES string of the molecule is C[C](CCl)c1cccc(Cl)c1Cl. The van der Waals surface area contributed by atoms with Crippen LogP contribution in [0.3, 0.4) is 0 Å². The van der Waals surface area contributed by atoms with E-state index in [0.717, 1.165) is 11.5 Å². The first-order valence-corrected chi connectivity index (χ1v) is 4.78. The van der Waals surface area contributed by atoms with Crippen LogP contribution in [0.25, 0.3) is 0 Å². The maximum atomic E-state index is 5.96. The van der Waals surface area contributed by atoms with Gasteiger partial charge in [0.2, 0.25) is 0 Å². The van der Waals surface area contributed by atoms with E-state index in [-0.39, 0.29) is 0 Å². The van der Waals surface area contributed by atoms with Gasteiger partial charge in [-0.2, -0.15) is 0 Å². The van der Waals surface area contributed by atoms with Crippen molar-refractivity contribution in [3.63, 3.8) is 0 Å². The van der Waals surface area contributed by atoms with E-state index in [4.69, 9.17) is 34.8 Å². The van der Waals surface area contributed by atoms with Crippen LogP contribution >= 0.6 is 34.8 Å². The van der Waals surface area contributed by atoms with Gasteiger partial charge >= 0.3 is 0 Å². The molecule has 1 aromatic rings. The molecule has 0 heterocycles. The Morgan fingerprint density at radius 2 is 2.00 bits per heavy atom. The van der Waals surface area contributed by atoms with Crippen LogP contribution in [0.4, 0.5) is 0 Å². The van der Waals surface area contributed by atoms with E-state index in [1.165, 1.54) is 0 Å². The zero-order valence-corrected chi connectivity index (χ0v) is 8.84. The van der Waals surface area contributed by atoms with Gasteiger partial charge in [0.15, 0.2) is 0 Å². The lowest BCUT2D eigenvalue weighted by atomic mass is 10.0. The summed E-state index contributed by atoms with van der Waals surface area (Å²) in [5.74, 6) is 1.50. The minimum atomic E-state index is 0.472. The molecule has 1 rings (SSSR count). The summed E-state index contributed by atoms with van der Waals surface area (Å²) in [6, 6.07) is 5.53. The number of rotatable bonds is 2. The van der Waals surface area contributed by atoms with Crippen LogP contribution in [0.2, 0.25) is 10.0 Å². The zero-order chi connectivity index (χ0) is 9.14. The average molecular weight is 223 g/mol. The monoisotopic (exact) mass is 221 g/mol. The van der Waals surface area contributed by atoms with Gasteiger partial charge in [-0.1, -0.05) is 42.3 Å². The quantitative estimate of drug-likeness (QED) is 0.659. The van der Waals surface area contributed by atoms with E-state index in [1.54, 1.807) is 6.07 Å². The predicted octanol–water partition coefficient (Wildman–Crippen LogP) is 4.17. The zero-order valence-electron chi connectivity index (χ0n) is 6.57. The molecule has 0 spiro atoms. The van der Waals surface area contributed by atoms with Crippen LogP contribution in [-0.4, -0.2) is 5.88 Å². The normalized spacial score (nSPS) is 10.8. The third-order valence-electron chi connectivity index (χ3n) is 1.61. The van der Waals surface area contributed by atoms with Crippen molar-refractivity contribution in [1.29, 1.82) is 0 Å². The highest BCUT2D eigenvalue weighted by Gasteiger charge is 2.10. The average Bonchev–Trinajstić information content (AvgIpc) is 2.08. The van der Waals surface area contributed by atoms with Crippen LogP contribution < -0.4 is 0 Å².